The van der Waals surface area contributed by atoms with Gasteiger partial charge in [0.1, 0.15) is 0 Å². The second-order valence-corrected chi connectivity index (χ2v) is 5.63. The molecular weight excluding hydrogens is 313 g/mol. The van der Waals surface area contributed by atoms with Crippen molar-refractivity contribution in [2.24, 2.45) is 11.7 Å². The molecule has 3 N–H and O–H groups in total. The summed E-state index contributed by atoms with van der Waals surface area (Å²) in [5, 5.41) is 2.98. The van der Waals surface area contributed by atoms with Gasteiger partial charge in [-0.2, -0.15) is 0 Å². The second kappa shape index (κ2) is 10.6. The fourth-order valence-corrected chi connectivity index (χ4v) is 2.77. The number of halogens is 2. The molecule has 1 atom stereocenters. The molecule has 1 aliphatic carbocycles. The standard InChI is InChI=1S/C14H27N3O2.2ClH/c1-2-17(12-3-4-12)8-7-16-14(18)13(15)11-5-9-19-10-6-11;;/h11-13H,2-10,15H2,1H3,(H,16,18);2*1H. The third-order valence-corrected chi connectivity index (χ3v) is 4.24. The lowest BCUT2D eigenvalue weighted by Crippen LogP contribution is -2.48. The van der Waals surface area contributed by atoms with Gasteiger partial charge in [0.2, 0.25) is 5.91 Å². The first-order valence-electron chi connectivity index (χ1n) is 7.57. The van der Waals surface area contributed by atoms with E-state index in [4.69, 9.17) is 10.5 Å². The zero-order valence-electron chi connectivity index (χ0n) is 12.8. The number of hydrogen-bond donors (Lipinski definition) is 2. The van der Waals surface area contributed by atoms with Gasteiger partial charge in [-0.25, -0.2) is 0 Å². The monoisotopic (exact) mass is 341 g/mol. The number of carbonyl (C=O) groups excluding carboxylic acids is 1. The average molecular weight is 342 g/mol. The van der Waals surface area contributed by atoms with Crippen LogP contribution in [-0.2, 0) is 9.53 Å². The van der Waals surface area contributed by atoms with E-state index in [-0.39, 0.29) is 42.7 Å². The second-order valence-electron chi connectivity index (χ2n) is 5.63. The quantitative estimate of drug-likeness (QED) is 0.729. The first-order valence-corrected chi connectivity index (χ1v) is 7.57. The molecule has 0 spiro atoms. The van der Waals surface area contributed by atoms with Gasteiger partial charge < -0.3 is 15.8 Å². The summed E-state index contributed by atoms with van der Waals surface area (Å²) in [4.78, 5) is 14.4. The predicted molar refractivity (Wildman–Crippen MR) is 89.3 cm³/mol. The van der Waals surface area contributed by atoms with Gasteiger partial charge in [-0.05, 0) is 38.1 Å². The Morgan fingerprint density at radius 3 is 2.43 bits per heavy atom. The third-order valence-electron chi connectivity index (χ3n) is 4.24. The fourth-order valence-electron chi connectivity index (χ4n) is 2.77. The van der Waals surface area contributed by atoms with Crippen LogP contribution in [0.3, 0.4) is 0 Å². The van der Waals surface area contributed by atoms with Crippen molar-refractivity contribution < 1.29 is 9.53 Å². The molecule has 0 aromatic carbocycles. The van der Waals surface area contributed by atoms with Crippen molar-refractivity contribution in [2.75, 3.05) is 32.8 Å². The average Bonchev–Trinajstić information content (AvgIpc) is 3.28. The fraction of sp³-hybridized carbons (Fsp3) is 0.929. The molecule has 1 unspecified atom stereocenters. The van der Waals surface area contributed by atoms with Crippen molar-refractivity contribution in [3.8, 4) is 0 Å². The molecule has 21 heavy (non-hydrogen) atoms. The van der Waals surface area contributed by atoms with Crippen molar-refractivity contribution in [3.63, 3.8) is 0 Å². The molecule has 0 aromatic heterocycles. The first-order chi connectivity index (χ1) is 9.22. The molecule has 2 aliphatic rings. The molecule has 2 fully saturated rings. The van der Waals surface area contributed by atoms with Crippen LogP contribution < -0.4 is 11.1 Å². The first kappa shape index (κ1) is 20.9. The number of nitrogens with two attached hydrogens (primary N) is 1. The molecule has 1 saturated carbocycles. The van der Waals surface area contributed by atoms with Crippen LogP contribution in [0.15, 0.2) is 0 Å². The topological polar surface area (TPSA) is 67.6 Å². The van der Waals surface area contributed by atoms with Gasteiger partial charge in [0.15, 0.2) is 0 Å². The van der Waals surface area contributed by atoms with E-state index < -0.39 is 0 Å². The van der Waals surface area contributed by atoms with Crippen molar-refractivity contribution in [1.29, 1.82) is 0 Å². The van der Waals surface area contributed by atoms with Crippen LogP contribution in [0.2, 0.25) is 0 Å². The maximum absolute atomic E-state index is 12.0. The van der Waals surface area contributed by atoms with Gasteiger partial charge in [0.05, 0.1) is 6.04 Å². The van der Waals surface area contributed by atoms with E-state index in [2.05, 4.69) is 17.1 Å². The Kier molecular flexibility index (Phi) is 10.6. The van der Waals surface area contributed by atoms with Gasteiger partial charge >= 0.3 is 0 Å². The number of rotatable bonds is 7. The highest BCUT2D eigenvalue weighted by Gasteiger charge is 2.28. The summed E-state index contributed by atoms with van der Waals surface area (Å²) in [6.45, 7) is 6.35. The van der Waals surface area contributed by atoms with E-state index in [1.54, 1.807) is 0 Å². The number of ether oxygens (including phenoxy) is 1. The molecule has 1 aliphatic heterocycles. The van der Waals surface area contributed by atoms with Crippen LogP contribution >= 0.6 is 24.8 Å². The van der Waals surface area contributed by atoms with Gasteiger partial charge in [-0.3, -0.25) is 9.69 Å². The maximum Gasteiger partial charge on any atom is 0.237 e. The zero-order valence-corrected chi connectivity index (χ0v) is 14.4. The number of amides is 1. The summed E-state index contributed by atoms with van der Waals surface area (Å²) in [6, 6.07) is 0.381. The Morgan fingerprint density at radius 2 is 1.90 bits per heavy atom. The molecule has 0 bridgehead atoms. The van der Waals surface area contributed by atoms with Crippen molar-refractivity contribution >= 4 is 30.7 Å². The summed E-state index contributed by atoms with van der Waals surface area (Å²) in [7, 11) is 0. The molecule has 0 aromatic rings. The zero-order chi connectivity index (χ0) is 13.7. The molecule has 1 saturated heterocycles. The van der Waals surface area contributed by atoms with Crippen LogP contribution in [0.4, 0.5) is 0 Å². The van der Waals surface area contributed by atoms with Gasteiger partial charge in [-0.15, -0.1) is 24.8 Å². The van der Waals surface area contributed by atoms with Crippen LogP contribution in [0.5, 0.6) is 0 Å². The molecule has 1 heterocycles. The molecule has 0 radical (unpaired) electrons. The van der Waals surface area contributed by atoms with E-state index >= 15 is 0 Å². The molecule has 2 rings (SSSR count). The molecule has 5 nitrogen and oxygen atoms in total. The summed E-state index contributed by atoms with van der Waals surface area (Å²) >= 11 is 0. The summed E-state index contributed by atoms with van der Waals surface area (Å²) in [5.41, 5.74) is 6.03. The van der Waals surface area contributed by atoms with E-state index in [0.717, 1.165) is 45.2 Å². The van der Waals surface area contributed by atoms with Crippen molar-refractivity contribution in [1.82, 2.24) is 10.2 Å². The Morgan fingerprint density at radius 1 is 1.29 bits per heavy atom. The van der Waals surface area contributed by atoms with E-state index in [0.29, 0.717) is 6.54 Å². The van der Waals surface area contributed by atoms with Crippen LogP contribution in [-0.4, -0.2) is 55.7 Å². The van der Waals surface area contributed by atoms with Gasteiger partial charge in [0, 0.05) is 32.3 Å². The lowest BCUT2D eigenvalue weighted by Gasteiger charge is -2.27. The minimum atomic E-state index is -0.375. The smallest absolute Gasteiger partial charge is 0.237 e. The maximum atomic E-state index is 12.0. The molecular formula is C14H29Cl2N3O2. The Hall–Kier alpha value is -0.0700. The lowest BCUT2D eigenvalue weighted by atomic mass is 9.92. The molecule has 1 amide bonds. The highest BCUT2D eigenvalue weighted by Crippen LogP contribution is 2.25. The van der Waals surface area contributed by atoms with Crippen LogP contribution in [0.1, 0.15) is 32.6 Å². The van der Waals surface area contributed by atoms with Crippen molar-refractivity contribution in [3.05, 3.63) is 0 Å². The predicted octanol–water partition coefficient (Wildman–Crippen LogP) is 1.18. The Balaban J connectivity index is 0.00000200. The summed E-state index contributed by atoms with van der Waals surface area (Å²) < 4.78 is 5.30. The molecule has 7 heteroatoms. The number of hydrogen-bond acceptors (Lipinski definition) is 4. The Labute approximate surface area is 140 Å². The number of nitrogens with one attached hydrogen (secondary N) is 1. The van der Waals surface area contributed by atoms with Crippen LogP contribution in [0.25, 0.3) is 0 Å². The van der Waals surface area contributed by atoms with E-state index in [1.807, 2.05) is 0 Å². The van der Waals surface area contributed by atoms with Crippen LogP contribution in [0, 0.1) is 5.92 Å². The minimum Gasteiger partial charge on any atom is -0.381 e. The third kappa shape index (κ3) is 6.70. The van der Waals surface area contributed by atoms with E-state index in [9.17, 15) is 4.79 Å². The lowest BCUT2D eigenvalue weighted by molar-refractivity contribution is -0.124. The number of carbonyl (C=O) groups is 1. The highest BCUT2D eigenvalue weighted by molar-refractivity contribution is 5.85. The van der Waals surface area contributed by atoms with Gasteiger partial charge in [-0.1, -0.05) is 6.92 Å². The SMILES string of the molecule is CCN(CCNC(=O)C(N)C1CCOCC1)C1CC1.Cl.Cl. The normalized spacial score (nSPS) is 20.3. The summed E-state index contributed by atoms with van der Waals surface area (Å²) in [5.74, 6) is 0.276. The highest BCUT2D eigenvalue weighted by atomic mass is 35.5. The number of nitrogens with zero attached hydrogens (tertiary/aromatic N) is 1. The summed E-state index contributed by atoms with van der Waals surface area (Å²) in [6.07, 6.45) is 4.42. The van der Waals surface area contributed by atoms with Gasteiger partial charge in [0.25, 0.3) is 0 Å². The van der Waals surface area contributed by atoms with E-state index in [1.165, 1.54) is 12.8 Å². The van der Waals surface area contributed by atoms with Crippen molar-refractivity contribution in [2.45, 2.75) is 44.7 Å². The largest absolute Gasteiger partial charge is 0.381 e. The number of likely N-dealkylation sites (N-methyl/N-ethyl adjacent to an activating group) is 1. The molecule has 126 valence electrons. The Bertz CT molecular complexity index is 298. The minimum absolute atomic E-state index is 0.